The van der Waals surface area contributed by atoms with E-state index < -0.39 is 0 Å². The fraction of sp³-hybridized carbons (Fsp3) is 0. The molecule has 0 fully saturated rings. The van der Waals surface area contributed by atoms with Crippen LogP contribution in [0.2, 0.25) is 0 Å². The maximum Gasteiger partial charge on any atom is 0.241 e. The van der Waals surface area contributed by atoms with Gasteiger partial charge in [-0.1, -0.05) is 0 Å². The molecule has 0 atom stereocenters. The Morgan fingerprint density at radius 1 is 1.88 bits per heavy atom. The SMILES string of the molecule is O=C=Nc1cncs1. The van der Waals surface area contributed by atoms with Gasteiger partial charge in [-0.3, -0.25) is 4.98 Å². The van der Waals surface area contributed by atoms with Crippen molar-refractivity contribution in [3.8, 4) is 0 Å². The Balaban J connectivity index is 2.93. The second kappa shape index (κ2) is 2.35. The molecule has 4 heteroatoms. The average molecular weight is 126 g/mol. The molecular formula is C4H2N2OS. The van der Waals surface area contributed by atoms with Gasteiger partial charge in [0.25, 0.3) is 0 Å². The van der Waals surface area contributed by atoms with Crippen LogP contribution in [0.15, 0.2) is 16.7 Å². The van der Waals surface area contributed by atoms with Gasteiger partial charge in [-0.25, -0.2) is 4.79 Å². The van der Waals surface area contributed by atoms with E-state index in [1.165, 1.54) is 23.6 Å². The molecule has 0 saturated carbocycles. The minimum absolute atomic E-state index is 0.597. The van der Waals surface area contributed by atoms with Crippen LogP contribution in [0.4, 0.5) is 5.00 Å². The molecule has 1 aromatic heterocycles. The summed E-state index contributed by atoms with van der Waals surface area (Å²) in [7, 11) is 0. The third-order valence-corrected chi connectivity index (χ3v) is 1.24. The van der Waals surface area contributed by atoms with Crippen LogP contribution in [0.3, 0.4) is 0 Å². The van der Waals surface area contributed by atoms with Gasteiger partial charge in [0.2, 0.25) is 6.08 Å². The van der Waals surface area contributed by atoms with Crippen LogP contribution in [-0.4, -0.2) is 11.1 Å². The number of hydrogen-bond acceptors (Lipinski definition) is 4. The first-order valence-electron chi connectivity index (χ1n) is 1.90. The quantitative estimate of drug-likeness (QED) is 0.418. The van der Waals surface area contributed by atoms with E-state index >= 15 is 0 Å². The normalized spacial score (nSPS) is 8.00. The highest BCUT2D eigenvalue weighted by atomic mass is 32.1. The number of nitrogens with zero attached hydrogens (tertiary/aromatic N) is 2. The zero-order valence-corrected chi connectivity index (χ0v) is 4.68. The molecule has 1 heterocycles. The Kier molecular flexibility index (Phi) is 1.51. The number of aliphatic imine (C=N–C) groups is 1. The van der Waals surface area contributed by atoms with E-state index in [9.17, 15) is 4.79 Å². The summed E-state index contributed by atoms with van der Waals surface area (Å²) in [5.41, 5.74) is 1.61. The van der Waals surface area contributed by atoms with E-state index in [0.717, 1.165) is 0 Å². The number of carbonyl (C=O) groups excluding carboxylic acids is 1. The maximum absolute atomic E-state index is 9.56. The van der Waals surface area contributed by atoms with Gasteiger partial charge in [0.05, 0.1) is 11.7 Å². The zero-order chi connectivity index (χ0) is 5.82. The Bertz CT molecular complexity index is 200. The predicted molar refractivity (Wildman–Crippen MR) is 29.9 cm³/mol. The summed E-state index contributed by atoms with van der Waals surface area (Å²) in [4.78, 5) is 16.6. The van der Waals surface area contributed by atoms with Crippen molar-refractivity contribution < 1.29 is 4.79 Å². The fourth-order valence-corrected chi connectivity index (χ4v) is 0.751. The van der Waals surface area contributed by atoms with Gasteiger partial charge in [0.1, 0.15) is 5.00 Å². The van der Waals surface area contributed by atoms with Gasteiger partial charge in [-0.05, 0) is 0 Å². The van der Waals surface area contributed by atoms with Crippen molar-refractivity contribution in [1.29, 1.82) is 0 Å². The highest BCUT2D eigenvalue weighted by Crippen LogP contribution is 2.14. The summed E-state index contributed by atoms with van der Waals surface area (Å²) in [6.07, 6.45) is 2.92. The van der Waals surface area contributed by atoms with Crippen LogP contribution in [0.1, 0.15) is 0 Å². The molecule has 0 N–H and O–H groups in total. The number of hydrogen-bond donors (Lipinski definition) is 0. The molecule has 0 aromatic carbocycles. The maximum atomic E-state index is 9.56. The second-order valence-corrected chi connectivity index (χ2v) is 1.91. The van der Waals surface area contributed by atoms with Crippen molar-refractivity contribution in [2.75, 3.05) is 0 Å². The first kappa shape index (κ1) is 5.15. The van der Waals surface area contributed by atoms with E-state index in [4.69, 9.17) is 0 Å². The minimum atomic E-state index is 0.597. The van der Waals surface area contributed by atoms with Gasteiger partial charge in [-0.2, -0.15) is 4.99 Å². The molecule has 0 aliphatic rings. The molecule has 0 unspecified atom stereocenters. The molecule has 8 heavy (non-hydrogen) atoms. The lowest BCUT2D eigenvalue weighted by Gasteiger charge is -1.67. The minimum Gasteiger partial charge on any atom is -0.251 e. The molecule has 3 nitrogen and oxygen atoms in total. The van der Waals surface area contributed by atoms with Crippen molar-refractivity contribution in [3.05, 3.63) is 11.7 Å². The molecule has 0 radical (unpaired) electrons. The van der Waals surface area contributed by atoms with E-state index in [-0.39, 0.29) is 0 Å². The molecule has 40 valence electrons. The van der Waals surface area contributed by atoms with Gasteiger partial charge >= 0.3 is 0 Å². The van der Waals surface area contributed by atoms with E-state index in [1.54, 1.807) is 5.51 Å². The average Bonchev–Trinajstić information content (AvgIpc) is 2.19. The fourth-order valence-electron chi connectivity index (χ4n) is 0.309. The lowest BCUT2D eigenvalue weighted by Crippen LogP contribution is -1.47. The molecule has 1 rings (SSSR count). The first-order chi connectivity index (χ1) is 3.93. The third kappa shape index (κ3) is 0.992. The van der Waals surface area contributed by atoms with Crippen LogP contribution < -0.4 is 0 Å². The third-order valence-electron chi connectivity index (χ3n) is 0.575. The predicted octanol–water partition coefficient (Wildman–Crippen LogP) is 1.11. The second-order valence-electron chi connectivity index (χ2n) is 1.04. The lowest BCUT2D eigenvalue weighted by molar-refractivity contribution is 0.565. The summed E-state index contributed by atoms with van der Waals surface area (Å²) in [6, 6.07) is 0. The van der Waals surface area contributed by atoms with E-state index in [0.29, 0.717) is 5.00 Å². The Morgan fingerprint density at radius 3 is 3.25 bits per heavy atom. The first-order valence-corrected chi connectivity index (χ1v) is 2.78. The van der Waals surface area contributed by atoms with Crippen LogP contribution >= 0.6 is 11.3 Å². The lowest BCUT2D eigenvalue weighted by atomic mass is 10.9. The summed E-state index contributed by atoms with van der Waals surface area (Å²) in [5, 5.41) is 0.597. The van der Waals surface area contributed by atoms with Crippen molar-refractivity contribution in [2.24, 2.45) is 4.99 Å². The van der Waals surface area contributed by atoms with Gasteiger partial charge in [0.15, 0.2) is 0 Å². The van der Waals surface area contributed by atoms with Crippen LogP contribution in [0, 0.1) is 0 Å². The summed E-state index contributed by atoms with van der Waals surface area (Å²) in [6.45, 7) is 0. The number of thiazole rings is 1. The van der Waals surface area contributed by atoms with Crippen molar-refractivity contribution in [2.45, 2.75) is 0 Å². The summed E-state index contributed by atoms with van der Waals surface area (Å²) < 4.78 is 0. The van der Waals surface area contributed by atoms with Gasteiger partial charge < -0.3 is 0 Å². The van der Waals surface area contributed by atoms with Crippen LogP contribution in [0.5, 0.6) is 0 Å². The van der Waals surface area contributed by atoms with E-state index in [2.05, 4.69) is 9.98 Å². The molecular weight excluding hydrogens is 124 g/mol. The summed E-state index contributed by atoms with van der Waals surface area (Å²) >= 11 is 1.31. The summed E-state index contributed by atoms with van der Waals surface area (Å²) in [5.74, 6) is 0. The number of rotatable bonds is 1. The van der Waals surface area contributed by atoms with Crippen molar-refractivity contribution in [1.82, 2.24) is 4.98 Å². The largest absolute Gasteiger partial charge is 0.251 e. The molecule has 0 aliphatic carbocycles. The highest BCUT2D eigenvalue weighted by Gasteiger charge is 1.84. The smallest absolute Gasteiger partial charge is 0.241 e. The molecule has 0 spiro atoms. The zero-order valence-electron chi connectivity index (χ0n) is 3.87. The Hall–Kier alpha value is -0.990. The molecule has 0 bridgehead atoms. The number of aromatic nitrogens is 1. The van der Waals surface area contributed by atoms with Gasteiger partial charge in [0, 0.05) is 0 Å². The topological polar surface area (TPSA) is 42.3 Å². The van der Waals surface area contributed by atoms with Crippen molar-refractivity contribution in [3.63, 3.8) is 0 Å². The molecule has 0 aliphatic heterocycles. The molecule has 1 aromatic rings. The molecule has 0 saturated heterocycles. The van der Waals surface area contributed by atoms with Gasteiger partial charge in [-0.15, -0.1) is 11.3 Å². The van der Waals surface area contributed by atoms with E-state index in [1.807, 2.05) is 0 Å². The Labute approximate surface area is 49.7 Å². The number of isocyanates is 1. The van der Waals surface area contributed by atoms with Crippen LogP contribution in [0.25, 0.3) is 0 Å². The molecule has 0 amide bonds. The highest BCUT2D eigenvalue weighted by molar-refractivity contribution is 7.13. The monoisotopic (exact) mass is 126 g/mol. The van der Waals surface area contributed by atoms with Crippen molar-refractivity contribution >= 4 is 22.4 Å². The van der Waals surface area contributed by atoms with Crippen LogP contribution in [-0.2, 0) is 4.79 Å². The standard InChI is InChI=1S/C4H2N2OS/c7-2-6-4-1-5-3-8-4/h1,3H. The Morgan fingerprint density at radius 2 is 2.75 bits per heavy atom.